The predicted octanol–water partition coefficient (Wildman–Crippen LogP) is 6.48. The van der Waals surface area contributed by atoms with Gasteiger partial charge in [0.2, 0.25) is 0 Å². The molecule has 0 spiro atoms. The predicted molar refractivity (Wildman–Crippen MR) is 143 cm³/mol. The number of rotatable bonds is 8. The van der Waals surface area contributed by atoms with E-state index in [9.17, 15) is 14.4 Å². The molecule has 0 atom stereocenters. The maximum atomic E-state index is 13.1. The first-order valence-corrected chi connectivity index (χ1v) is 12.4. The molecular formula is C27H23BrClN3O3. The van der Waals surface area contributed by atoms with Crippen molar-refractivity contribution in [1.29, 1.82) is 0 Å². The number of para-hydroxylation sites is 1. The molecule has 35 heavy (non-hydrogen) atoms. The Morgan fingerprint density at radius 2 is 1.71 bits per heavy atom. The van der Waals surface area contributed by atoms with Crippen LogP contribution in [-0.4, -0.2) is 17.7 Å². The summed E-state index contributed by atoms with van der Waals surface area (Å²) in [5.41, 5.74) is 3.03. The first-order chi connectivity index (χ1) is 16.9. The molecule has 6 nitrogen and oxygen atoms in total. The van der Waals surface area contributed by atoms with Crippen LogP contribution in [0, 0.1) is 0 Å². The van der Waals surface area contributed by atoms with Gasteiger partial charge in [0.25, 0.3) is 17.7 Å². The summed E-state index contributed by atoms with van der Waals surface area (Å²) in [4.78, 5) is 39.7. The molecule has 0 radical (unpaired) electrons. The number of carbonyl (C=O) groups excluding carboxylic acids is 3. The zero-order chi connectivity index (χ0) is 24.9. The van der Waals surface area contributed by atoms with Gasteiger partial charge in [0.1, 0.15) is 10.7 Å². The second-order valence-corrected chi connectivity index (χ2v) is 9.28. The number of nitrogens with one attached hydrogen (secondary N) is 2. The first-order valence-electron chi connectivity index (χ1n) is 11.2. The monoisotopic (exact) mass is 551 g/mol. The van der Waals surface area contributed by atoms with Crippen molar-refractivity contribution in [3.8, 4) is 0 Å². The van der Waals surface area contributed by atoms with E-state index in [1.54, 1.807) is 42.5 Å². The van der Waals surface area contributed by atoms with E-state index >= 15 is 0 Å². The lowest BCUT2D eigenvalue weighted by molar-refractivity contribution is -0.120. The minimum absolute atomic E-state index is 0.0323. The molecular weight excluding hydrogens is 530 g/mol. The Morgan fingerprint density at radius 1 is 0.971 bits per heavy atom. The third-order valence-corrected chi connectivity index (χ3v) is 6.60. The molecule has 3 aromatic carbocycles. The van der Waals surface area contributed by atoms with Crippen LogP contribution in [0.25, 0.3) is 0 Å². The lowest BCUT2D eigenvalue weighted by Gasteiger charge is -2.16. The quantitative estimate of drug-likeness (QED) is 0.314. The number of carbonyl (C=O) groups is 3. The van der Waals surface area contributed by atoms with E-state index in [1.807, 2.05) is 30.3 Å². The van der Waals surface area contributed by atoms with Gasteiger partial charge < -0.3 is 10.6 Å². The van der Waals surface area contributed by atoms with Crippen molar-refractivity contribution in [3.63, 3.8) is 0 Å². The van der Waals surface area contributed by atoms with Crippen molar-refractivity contribution in [2.75, 3.05) is 15.5 Å². The molecule has 0 unspecified atom stereocenters. The Labute approximate surface area is 217 Å². The topological polar surface area (TPSA) is 78.5 Å². The van der Waals surface area contributed by atoms with E-state index in [0.717, 1.165) is 34.2 Å². The van der Waals surface area contributed by atoms with E-state index in [0.29, 0.717) is 22.6 Å². The van der Waals surface area contributed by atoms with Gasteiger partial charge >= 0.3 is 0 Å². The fourth-order valence-electron chi connectivity index (χ4n) is 3.68. The van der Waals surface area contributed by atoms with Gasteiger partial charge in [-0.1, -0.05) is 55.3 Å². The molecule has 1 aliphatic rings. The van der Waals surface area contributed by atoms with Crippen molar-refractivity contribution in [2.24, 2.45) is 0 Å². The van der Waals surface area contributed by atoms with Crippen LogP contribution >= 0.6 is 27.5 Å². The molecule has 0 aliphatic carbocycles. The van der Waals surface area contributed by atoms with Crippen LogP contribution in [0.5, 0.6) is 0 Å². The van der Waals surface area contributed by atoms with E-state index in [4.69, 9.17) is 11.6 Å². The number of halogens is 2. The fourth-order valence-corrected chi connectivity index (χ4v) is 4.27. The third-order valence-electron chi connectivity index (χ3n) is 5.56. The van der Waals surface area contributed by atoms with Gasteiger partial charge in [0.15, 0.2) is 0 Å². The minimum atomic E-state index is -0.594. The molecule has 3 aromatic rings. The van der Waals surface area contributed by atoms with Crippen LogP contribution < -0.4 is 15.5 Å². The van der Waals surface area contributed by atoms with Gasteiger partial charge in [-0.3, -0.25) is 14.4 Å². The van der Waals surface area contributed by atoms with Crippen molar-refractivity contribution in [1.82, 2.24) is 0 Å². The lowest BCUT2D eigenvalue weighted by atomic mass is 10.1. The van der Waals surface area contributed by atoms with Crippen LogP contribution in [0.1, 0.15) is 35.7 Å². The fraction of sp³-hybridized carbons (Fsp3) is 0.148. The Kier molecular flexibility index (Phi) is 7.68. The van der Waals surface area contributed by atoms with Crippen LogP contribution in [0.15, 0.2) is 88.0 Å². The number of benzene rings is 3. The van der Waals surface area contributed by atoms with Gasteiger partial charge in [-0.2, -0.15) is 0 Å². The Balaban J connectivity index is 1.50. The second kappa shape index (κ2) is 10.9. The molecule has 8 heteroatoms. The molecule has 0 aromatic heterocycles. The maximum absolute atomic E-state index is 13.1. The molecule has 0 fully saturated rings. The maximum Gasteiger partial charge on any atom is 0.283 e. The Hall–Kier alpha value is -3.42. The van der Waals surface area contributed by atoms with Crippen LogP contribution in [0.2, 0.25) is 0 Å². The molecule has 0 saturated heterocycles. The molecule has 4 rings (SSSR count). The zero-order valence-corrected chi connectivity index (χ0v) is 21.3. The van der Waals surface area contributed by atoms with Crippen molar-refractivity contribution >= 4 is 62.3 Å². The van der Waals surface area contributed by atoms with Crippen LogP contribution in [0.4, 0.5) is 17.1 Å². The minimum Gasteiger partial charge on any atom is -0.350 e. The average molecular weight is 553 g/mol. The highest BCUT2D eigenvalue weighted by Gasteiger charge is 2.39. The number of amides is 3. The number of aryl methyl sites for hydroxylation is 1. The van der Waals surface area contributed by atoms with Crippen LogP contribution in [-0.2, 0) is 16.0 Å². The summed E-state index contributed by atoms with van der Waals surface area (Å²) < 4.78 is 0.758. The summed E-state index contributed by atoms with van der Waals surface area (Å²) in [6.07, 6.45) is 3.10. The highest BCUT2D eigenvalue weighted by molar-refractivity contribution is 9.10. The van der Waals surface area contributed by atoms with Crippen molar-refractivity contribution < 1.29 is 14.4 Å². The molecule has 3 amide bonds. The summed E-state index contributed by atoms with van der Waals surface area (Å²) in [6.45, 7) is 2.13. The number of unbranched alkanes of at least 4 members (excludes halogenated alkanes) is 1. The van der Waals surface area contributed by atoms with Crippen molar-refractivity contribution in [2.45, 2.75) is 26.2 Å². The number of imide groups is 1. The number of hydrogen-bond acceptors (Lipinski definition) is 4. The molecule has 0 bridgehead atoms. The SMILES string of the molecule is CCCCc1ccc(N2C(=O)C(Cl)=C(Nc3cccc(C(=O)Nc4ccccc4Br)c3)C2=O)cc1. The number of hydrogen-bond donors (Lipinski definition) is 2. The zero-order valence-electron chi connectivity index (χ0n) is 19.0. The summed E-state index contributed by atoms with van der Waals surface area (Å²) >= 11 is 9.67. The Morgan fingerprint density at radius 3 is 2.43 bits per heavy atom. The van der Waals surface area contributed by atoms with Gasteiger partial charge in [-0.05, 0) is 76.8 Å². The highest BCUT2D eigenvalue weighted by Crippen LogP contribution is 2.31. The highest BCUT2D eigenvalue weighted by atomic mass is 79.9. The lowest BCUT2D eigenvalue weighted by Crippen LogP contribution is -2.32. The third kappa shape index (κ3) is 5.47. The standard InChI is InChI=1S/C27H23BrClN3O3/c1-2-3-7-17-12-14-20(15-13-17)32-26(34)23(29)24(27(32)35)30-19-9-6-8-18(16-19)25(33)31-22-11-5-4-10-21(22)28/h4-6,8-16,30H,2-3,7H2,1H3,(H,31,33). The van der Waals surface area contributed by atoms with Crippen molar-refractivity contribution in [3.05, 3.63) is 99.1 Å². The molecule has 178 valence electrons. The van der Waals surface area contributed by atoms with E-state index in [-0.39, 0.29) is 16.6 Å². The number of anilines is 3. The van der Waals surface area contributed by atoms with Gasteiger partial charge in [0, 0.05) is 15.7 Å². The summed E-state index contributed by atoms with van der Waals surface area (Å²) in [6, 6.07) is 21.2. The van der Waals surface area contributed by atoms with E-state index in [2.05, 4.69) is 33.5 Å². The van der Waals surface area contributed by atoms with Gasteiger partial charge in [-0.15, -0.1) is 0 Å². The number of nitrogens with zero attached hydrogens (tertiary/aromatic N) is 1. The Bertz CT molecular complexity index is 1320. The summed E-state index contributed by atoms with van der Waals surface area (Å²) in [5.74, 6) is -1.47. The summed E-state index contributed by atoms with van der Waals surface area (Å²) in [7, 11) is 0. The molecule has 0 saturated carbocycles. The average Bonchev–Trinajstić information content (AvgIpc) is 3.07. The van der Waals surface area contributed by atoms with Crippen LogP contribution in [0.3, 0.4) is 0 Å². The molecule has 2 N–H and O–H groups in total. The smallest absolute Gasteiger partial charge is 0.283 e. The van der Waals surface area contributed by atoms with E-state index in [1.165, 1.54) is 0 Å². The summed E-state index contributed by atoms with van der Waals surface area (Å²) in [5, 5.41) is 5.56. The molecule has 1 heterocycles. The van der Waals surface area contributed by atoms with Gasteiger partial charge in [-0.25, -0.2) is 4.90 Å². The molecule has 1 aliphatic heterocycles. The van der Waals surface area contributed by atoms with E-state index < -0.39 is 11.8 Å². The second-order valence-electron chi connectivity index (χ2n) is 8.04. The van der Waals surface area contributed by atoms with Gasteiger partial charge in [0.05, 0.1) is 11.4 Å². The first kappa shape index (κ1) is 24.7. The normalized spacial score (nSPS) is 13.4. The largest absolute Gasteiger partial charge is 0.350 e.